The Bertz CT molecular complexity index is 654. The lowest BCUT2D eigenvalue weighted by molar-refractivity contribution is -0.113. The van der Waals surface area contributed by atoms with Crippen LogP contribution in [0.25, 0.3) is 0 Å². The zero-order chi connectivity index (χ0) is 14.8. The number of thioether (sulfide) groups is 1. The molecule has 0 radical (unpaired) electrons. The van der Waals surface area contributed by atoms with Gasteiger partial charge in [-0.15, -0.1) is 11.8 Å². The van der Waals surface area contributed by atoms with Gasteiger partial charge in [-0.25, -0.2) is 0 Å². The van der Waals surface area contributed by atoms with Crippen LogP contribution >= 0.6 is 11.8 Å². The van der Waals surface area contributed by atoms with Crippen LogP contribution in [0.4, 0.5) is 5.82 Å². The number of aromatic amines is 1. The van der Waals surface area contributed by atoms with E-state index in [-0.39, 0.29) is 17.3 Å². The Labute approximate surface area is 127 Å². The number of amides is 1. The highest BCUT2D eigenvalue weighted by atomic mass is 32.2. The zero-order valence-corrected chi connectivity index (χ0v) is 12.7. The van der Waals surface area contributed by atoms with Crippen LogP contribution in [0.5, 0.6) is 5.75 Å². The number of aromatic nitrogens is 2. The number of anilines is 1. The molecule has 0 spiro atoms. The number of para-hydroxylation sites is 1. The summed E-state index contributed by atoms with van der Waals surface area (Å²) in [4.78, 5) is 11.8. The molecule has 0 bridgehead atoms. The minimum atomic E-state index is -0.0183. The number of hydrogen-bond acceptors (Lipinski definition) is 4. The Hall–Kier alpha value is -1.95. The molecule has 21 heavy (non-hydrogen) atoms. The first-order valence-electron chi connectivity index (χ1n) is 6.85. The summed E-state index contributed by atoms with van der Waals surface area (Å²) >= 11 is 1.58. The molecule has 2 heterocycles. The Balaban J connectivity index is 2.03. The van der Waals surface area contributed by atoms with Crippen LogP contribution in [-0.4, -0.2) is 28.0 Å². The van der Waals surface area contributed by atoms with Crippen LogP contribution in [0.2, 0.25) is 0 Å². The summed E-state index contributed by atoms with van der Waals surface area (Å²) in [6.45, 7) is 4.01. The average Bonchev–Trinajstić information content (AvgIpc) is 2.82. The van der Waals surface area contributed by atoms with E-state index in [4.69, 9.17) is 4.74 Å². The molecule has 1 aromatic heterocycles. The number of carbonyl (C=O) groups excluding carboxylic acids is 1. The Kier molecular flexibility index (Phi) is 3.88. The lowest BCUT2D eigenvalue weighted by Crippen LogP contribution is -2.12. The van der Waals surface area contributed by atoms with E-state index in [1.54, 1.807) is 18.0 Å². The van der Waals surface area contributed by atoms with Gasteiger partial charge in [0.2, 0.25) is 5.91 Å². The number of hydrogen-bond donors (Lipinski definition) is 2. The van der Waals surface area contributed by atoms with Crippen molar-refractivity contribution in [1.82, 2.24) is 10.2 Å². The zero-order valence-electron chi connectivity index (χ0n) is 11.9. The quantitative estimate of drug-likeness (QED) is 0.915. The summed E-state index contributed by atoms with van der Waals surface area (Å²) in [5.41, 5.74) is 2.04. The Morgan fingerprint density at radius 1 is 1.33 bits per heavy atom. The van der Waals surface area contributed by atoms with Crippen LogP contribution in [0.1, 0.15) is 30.2 Å². The second-order valence-electron chi connectivity index (χ2n) is 5.14. The van der Waals surface area contributed by atoms with Crippen LogP contribution < -0.4 is 10.1 Å². The van der Waals surface area contributed by atoms with Crippen molar-refractivity contribution in [1.29, 1.82) is 0 Å². The largest absolute Gasteiger partial charge is 0.491 e. The predicted molar refractivity (Wildman–Crippen MR) is 83.7 cm³/mol. The molecule has 0 fully saturated rings. The average molecular weight is 303 g/mol. The van der Waals surface area contributed by atoms with E-state index in [1.165, 1.54) is 0 Å². The topological polar surface area (TPSA) is 67.0 Å². The van der Waals surface area contributed by atoms with Crippen molar-refractivity contribution < 1.29 is 9.53 Å². The van der Waals surface area contributed by atoms with Gasteiger partial charge < -0.3 is 10.1 Å². The molecule has 0 saturated heterocycles. The number of ether oxygens (including phenoxy) is 1. The van der Waals surface area contributed by atoms with Gasteiger partial charge in [0.1, 0.15) is 11.6 Å². The fraction of sp³-hybridized carbons (Fsp3) is 0.333. The molecular formula is C15H17N3O2S. The second kappa shape index (κ2) is 5.81. The molecule has 6 heteroatoms. The van der Waals surface area contributed by atoms with E-state index < -0.39 is 0 Å². The van der Waals surface area contributed by atoms with Gasteiger partial charge in [0.05, 0.1) is 23.3 Å². The van der Waals surface area contributed by atoms with Crippen molar-refractivity contribution in [2.75, 3.05) is 11.1 Å². The number of nitrogens with zero attached hydrogens (tertiary/aromatic N) is 1. The van der Waals surface area contributed by atoms with E-state index in [0.29, 0.717) is 11.6 Å². The van der Waals surface area contributed by atoms with Crippen LogP contribution in [0.15, 0.2) is 30.5 Å². The second-order valence-corrected chi connectivity index (χ2v) is 6.24. The third kappa shape index (κ3) is 2.90. The first-order chi connectivity index (χ1) is 10.1. The summed E-state index contributed by atoms with van der Waals surface area (Å²) in [6.07, 6.45) is 1.87. The molecule has 1 atom stereocenters. The predicted octanol–water partition coefficient (Wildman–Crippen LogP) is 2.97. The number of benzene rings is 1. The summed E-state index contributed by atoms with van der Waals surface area (Å²) in [5, 5.41) is 9.77. The van der Waals surface area contributed by atoms with Crippen LogP contribution in [-0.2, 0) is 4.79 Å². The molecule has 2 aromatic rings. The van der Waals surface area contributed by atoms with Gasteiger partial charge in [-0.3, -0.25) is 9.89 Å². The van der Waals surface area contributed by atoms with Gasteiger partial charge in [0.25, 0.3) is 0 Å². The maximum absolute atomic E-state index is 11.8. The van der Waals surface area contributed by atoms with E-state index in [2.05, 4.69) is 15.5 Å². The van der Waals surface area contributed by atoms with Gasteiger partial charge in [-0.2, -0.15) is 5.10 Å². The fourth-order valence-corrected chi connectivity index (χ4v) is 3.46. The van der Waals surface area contributed by atoms with Crippen molar-refractivity contribution in [2.45, 2.75) is 25.2 Å². The molecule has 1 aliphatic rings. The molecule has 2 N–H and O–H groups in total. The van der Waals surface area contributed by atoms with Crippen molar-refractivity contribution in [3.05, 3.63) is 41.6 Å². The molecule has 110 valence electrons. The third-order valence-corrected chi connectivity index (χ3v) is 4.43. The fourth-order valence-electron chi connectivity index (χ4n) is 2.33. The SMILES string of the molecule is CC(C)Oc1ccccc1C1SCC(=O)Nc2[nH]ncc21. The number of nitrogens with one attached hydrogen (secondary N) is 2. The molecule has 0 saturated carbocycles. The van der Waals surface area contributed by atoms with E-state index in [0.717, 1.165) is 16.9 Å². The summed E-state index contributed by atoms with van der Waals surface area (Å²) < 4.78 is 5.91. The maximum Gasteiger partial charge on any atom is 0.235 e. The monoisotopic (exact) mass is 303 g/mol. The highest BCUT2D eigenvalue weighted by Crippen LogP contribution is 2.43. The number of carbonyl (C=O) groups is 1. The van der Waals surface area contributed by atoms with Crippen molar-refractivity contribution >= 4 is 23.5 Å². The van der Waals surface area contributed by atoms with Gasteiger partial charge in [0.15, 0.2) is 0 Å². The molecule has 0 aliphatic carbocycles. The van der Waals surface area contributed by atoms with Gasteiger partial charge >= 0.3 is 0 Å². The van der Waals surface area contributed by atoms with Crippen LogP contribution in [0, 0.1) is 0 Å². The lowest BCUT2D eigenvalue weighted by atomic mass is 10.1. The smallest absolute Gasteiger partial charge is 0.235 e. The van der Waals surface area contributed by atoms with Crippen molar-refractivity contribution in [3.63, 3.8) is 0 Å². The van der Waals surface area contributed by atoms with Crippen molar-refractivity contribution in [3.8, 4) is 5.75 Å². The lowest BCUT2D eigenvalue weighted by Gasteiger charge is -2.19. The standard InChI is InChI=1S/C15H17N3O2S/c1-9(2)20-12-6-4-3-5-10(12)14-11-7-16-18-15(11)17-13(19)8-21-14/h3-7,9,14H,8H2,1-2H3,(H2,16,17,18,19). The van der Waals surface area contributed by atoms with Gasteiger partial charge in [-0.1, -0.05) is 18.2 Å². The molecule has 1 unspecified atom stereocenters. The first kappa shape index (κ1) is 14.0. The number of fused-ring (bicyclic) bond motifs is 1. The number of rotatable bonds is 3. The van der Waals surface area contributed by atoms with E-state index >= 15 is 0 Å². The Morgan fingerprint density at radius 3 is 2.95 bits per heavy atom. The summed E-state index contributed by atoms with van der Waals surface area (Å²) in [6, 6.07) is 7.96. The Morgan fingerprint density at radius 2 is 2.14 bits per heavy atom. The summed E-state index contributed by atoms with van der Waals surface area (Å²) in [5.74, 6) is 1.92. The first-order valence-corrected chi connectivity index (χ1v) is 7.90. The number of H-pyrrole nitrogens is 1. The normalized spacial score (nSPS) is 18.0. The van der Waals surface area contributed by atoms with E-state index in [1.807, 2.05) is 38.1 Å². The van der Waals surface area contributed by atoms with E-state index in [9.17, 15) is 4.79 Å². The summed E-state index contributed by atoms with van der Waals surface area (Å²) in [7, 11) is 0. The van der Waals surface area contributed by atoms with Gasteiger partial charge in [0, 0.05) is 11.1 Å². The van der Waals surface area contributed by atoms with Crippen LogP contribution in [0.3, 0.4) is 0 Å². The maximum atomic E-state index is 11.8. The molecule has 5 nitrogen and oxygen atoms in total. The molecule has 1 aliphatic heterocycles. The molecular weight excluding hydrogens is 286 g/mol. The highest BCUT2D eigenvalue weighted by molar-refractivity contribution is 8.00. The minimum absolute atomic E-state index is 0.0183. The highest BCUT2D eigenvalue weighted by Gasteiger charge is 2.27. The van der Waals surface area contributed by atoms with Gasteiger partial charge in [-0.05, 0) is 19.9 Å². The van der Waals surface area contributed by atoms with Crippen molar-refractivity contribution in [2.24, 2.45) is 0 Å². The third-order valence-electron chi connectivity index (χ3n) is 3.16. The molecule has 1 amide bonds. The molecule has 3 rings (SSSR count). The minimum Gasteiger partial charge on any atom is -0.491 e. The molecule has 1 aromatic carbocycles.